The molecule has 3 aromatic carbocycles. The summed E-state index contributed by atoms with van der Waals surface area (Å²) in [7, 11) is 0. The molecule has 1 amide bonds. The number of nitrogens with zero attached hydrogens (tertiary/aromatic N) is 9. The average molecular weight is 967 g/mol. The molecule has 15 nitrogen and oxygen atoms in total. The summed E-state index contributed by atoms with van der Waals surface area (Å²) in [6.45, 7) is 17.5. The number of carbonyl (C=O) groups excluding carboxylic acids is 1. The van der Waals surface area contributed by atoms with Crippen molar-refractivity contribution in [3.63, 3.8) is 0 Å². The Morgan fingerprint density at radius 3 is 2.31 bits per heavy atom. The first-order valence-electron chi connectivity index (χ1n) is 25.0. The summed E-state index contributed by atoms with van der Waals surface area (Å²) < 4.78 is 51.0. The number of carbonyl (C=O) groups is 1. The van der Waals surface area contributed by atoms with Crippen molar-refractivity contribution in [2.24, 2.45) is 11.8 Å². The molecule has 7 heterocycles. The van der Waals surface area contributed by atoms with Crippen LogP contribution in [0.4, 0.5) is 8.78 Å². The standard InChI is InChI=1S/C51H52F2N10O5.C3H8/c1-27-19-35(20-28(2)43(27)52)63-45(60-17-16-59(49(60)66)40-12-11-39-36(44(40)53)25-54-61(39)26-31-7-8-31)42-30(4)58(15-13-37(42)56-63)46(64)41-22-34-21-32(33-14-18-67-50(5,6)24-33)9-10-38(34)62(41)51(23-29(51)3)47-55-48(65)68-57-47;1-3-2/h9-12,16-17,19-22,25,29-31,33H,7-8,13-15,18,23-24,26H2,1-6H3,(H,55,57,65);3H2,1-2H3. The molecule has 0 spiro atoms. The number of aryl methyl sites for hydroxylation is 2. The third-order valence-corrected chi connectivity index (χ3v) is 15.2. The topological polar surface area (TPSA) is 156 Å². The first-order chi connectivity index (χ1) is 34.0. The zero-order valence-corrected chi connectivity index (χ0v) is 41.6. The number of benzene rings is 3. The third-order valence-electron chi connectivity index (χ3n) is 15.2. The minimum Gasteiger partial charge on any atom is -0.376 e. The molecule has 370 valence electrons. The average Bonchev–Trinajstić information content (AvgIpc) is 3.83. The van der Waals surface area contributed by atoms with Gasteiger partial charge in [-0.1, -0.05) is 38.4 Å². The van der Waals surface area contributed by atoms with Crippen LogP contribution in [0, 0.1) is 37.3 Å². The third kappa shape index (κ3) is 7.69. The van der Waals surface area contributed by atoms with E-state index < -0.39 is 28.8 Å². The van der Waals surface area contributed by atoms with Crippen LogP contribution in [0.2, 0.25) is 0 Å². The van der Waals surface area contributed by atoms with Crippen molar-refractivity contribution in [3.8, 4) is 17.2 Å². The number of aromatic nitrogens is 9. The lowest BCUT2D eigenvalue weighted by Gasteiger charge is -2.35. The van der Waals surface area contributed by atoms with E-state index in [-0.39, 0.29) is 34.8 Å². The second-order valence-corrected chi connectivity index (χ2v) is 21.0. The second-order valence-electron chi connectivity index (χ2n) is 21.0. The summed E-state index contributed by atoms with van der Waals surface area (Å²) >= 11 is 0. The van der Waals surface area contributed by atoms with Crippen LogP contribution in [0.25, 0.3) is 39.0 Å². The van der Waals surface area contributed by atoms with E-state index in [1.54, 1.807) is 53.9 Å². The molecule has 2 aliphatic heterocycles. The smallest absolute Gasteiger partial charge is 0.376 e. The fraction of sp³-hybridized carbons (Fsp3) is 0.444. The SMILES string of the molecule is CCC.Cc1cc(-n2nc3c(c2-n2ccn(-c4ccc5c(cnn5CC5CC5)c4F)c2=O)C(C)N(C(=O)c2cc4cc(C5CCOC(C)(C)C5)ccc4n2C2(c4noc(=O)[nH]4)CC2C)CC3)cc(C)c1F. The lowest BCUT2D eigenvalue weighted by Crippen LogP contribution is -2.41. The van der Waals surface area contributed by atoms with Gasteiger partial charge in [-0.25, -0.2) is 23.1 Å². The number of fused-ring (bicyclic) bond motifs is 3. The second kappa shape index (κ2) is 17.2. The lowest BCUT2D eigenvalue weighted by molar-refractivity contribution is -0.0592. The van der Waals surface area contributed by atoms with Crippen LogP contribution in [0.1, 0.15) is 136 Å². The highest BCUT2D eigenvalue weighted by atomic mass is 19.1. The van der Waals surface area contributed by atoms with E-state index in [1.807, 2.05) is 22.2 Å². The molecule has 12 rings (SSSR count). The molecule has 0 radical (unpaired) electrons. The molecule has 0 bridgehead atoms. The molecule has 2 saturated carbocycles. The molecule has 1 saturated heterocycles. The maximum absolute atomic E-state index is 16.5. The van der Waals surface area contributed by atoms with E-state index in [0.29, 0.717) is 94.8 Å². The molecule has 2 aliphatic carbocycles. The van der Waals surface area contributed by atoms with Crippen molar-refractivity contribution in [3.05, 3.63) is 139 Å². The Bertz CT molecular complexity index is 3500. The maximum atomic E-state index is 16.5. The van der Waals surface area contributed by atoms with Crippen molar-refractivity contribution in [2.45, 2.75) is 130 Å². The van der Waals surface area contributed by atoms with Gasteiger partial charge in [-0.2, -0.15) is 10.2 Å². The van der Waals surface area contributed by atoms with Gasteiger partial charge >= 0.3 is 11.4 Å². The molecule has 4 aliphatic rings. The number of amides is 1. The van der Waals surface area contributed by atoms with Crippen LogP contribution < -0.4 is 11.4 Å². The zero-order valence-electron chi connectivity index (χ0n) is 41.6. The van der Waals surface area contributed by atoms with Crippen molar-refractivity contribution >= 4 is 27.7 Å². The molecule has 1 N–H and O–H groups in total. The first-order valence-corrected chi connectivity index (χ1v) is 25.0. The van der Waals surface area contributed by atoms with Gasteiger partial charge in [0.15, 0.2) is 11.6 Å². The number of ether oxygens (including phenoxy) is 1. The summed E-state index contributed by atoms with van der Waals surface area (Å²) in [5.41, 5.74) is 4.10. The highest BCUT2D eigenvalue weighted by molar-refractivity contribution is 6.00. The number of aromatic amines is 1. The summed E-state index contributed by atoms with van der Waals surface area (Å²) in [6, 6.07) is 14.5. The Balaban J connectivity index is 0.00000178. The van der Waals surface area contributed by atoms with E-state index in [2.05, 4.69) is 68.1 Å². The maximum Gasteiger partial charge on any atom is 0.438 e. The van der Waals surface area contributed by atoms with Gasteiger partial charge < -0.3 is 14.2 Å². The van der Waals surface area contributed by atoms with Crippen LogP contribution in [0.5, 0.6) is 0 Å². The number of rotatable bonds is 9. The van der Waals surface area contributed by atoms with E-state index in [1.165, 1.54) is 27.9 Å². The lowest BCUT2D eigenvalue weighted by atomic mass is 9.83. The van der Waals surface area contributed by atoms with Crippen molar-refractivity contribution in [1.82, 2.24) is 48.3 Å². The number of H-pyrrole nitrogens is 1. The van der Waals surface area contributed by atoms with Gasteiger partial charge in [0.1, 0.15) is 22.9 Å². The van der Waals surface area contributed by atoms with Crippen LogP contribution in [-0.2, 0) is 23.2 Å². The molecule has 5 aromatic heterocycles. The number of hydrogen-bond acceptors (Lipinski definition) is 8. The first kappa shape index (κ1) is 46.5. The summed E-state index contributed by atoms with van der Waals surface area (Å²) in [5, 5.41) is 15.0. The van der Waals surface area contributed by atoms with Gasteiger partial charge in [-0.05, 0) is 144 Å². The van der Waals surface area contributed by atoms with Gasteiger partial charge in [0.2, 0.25) is 0 Å². The van der Waals surface area contributed by atoms with Gasteiger partial charge in [-0.3, -0.25) is 28.1 Å². The quantitative estimate of drug-likeness (QED) is 0.150. The zero-order chi connectivity index (χ0) is 49.8. The monoisotopic (exact) mass is 966 g/mol. The van der Waals surface area contributed by atoms with Crippen LogP contribution in [0.3, 0.4) is 0 Å². The molecular weight excluding hydrogens is 907 g/mol. The molecule has 8 aromatic rings. The molecule has 4 atom stereocenters. The number of hydrogen-bond donors (Lipinski definition) is 1. The van der Waals surface area contributed by atoms with Gasteiger partial charge in [0, 0.05) is 55.0 Å². The molecule has 3 fully saturated rings. The van der Waals surface area contributed by atoms with Crippen LogP contribution >= 0.6 is 0 Å². The highest BCUT2D eigenvalue weighted by Gasteiger charge is 2.59. The molecule has 71 heavy (non-hydrogen) atoms. The Morgan fingerprint density at radius 2 is 1.63 bits per heavy atom. The van der Waals surface area contributed by atoms with Gasteiger partial charge in [0.05, 0.1) is 45.8 Å². The summed E-state index contributed by atoms with van der Waals surface area (Å²) in [4.78, 5) is 47.5. The number of halogens is 2. The highest BCUT2D eigenvalue weighted by Crippen LogP contribution is 2.56. The largest absolute Gasteiger partial charge is 0.438 e. The van der Waals surface area contributed by atoms with E-state index in [4.69, 9.17) is 14.4 Å². The van der Waals surface area contributed by atoms with Crippen molar-refractivity contribution < 1.29 is 22.8 Å². The van der Waals surface area contributed by atoms with Gasteiger partial charge in [0.25, 0.3) is 5.91 Å². The molecule has 4 unspecified atom stereocenters. The van der Waals surface area contributed by atoms with E-state index in [9.17, 15) is 9.59 Å². The van der Waals surface area contributed by atoms with Gasteiger partial charge in [-0.15, -0.1) is 0 Å². The van der Waals surface area contributed by atoms with Crippen LogP contribution in [0.15, 0.2) is 81.2 Å². The predicted octanol–water partition coefficient (Wildman–Crippen LogP) is 9.73. The minimum absolute atomic E-state index is 0.000380. The normalized spacial score (nSPS) is 21.7. The number of imidazole rings is 1. The van der Waals surface area contributed by atoms with E-state index >= 15 is 13.6 Å². The van der Waals surface area contributed by atoms with Crippen molar-refractivity contribution in [1.29, 1.82) is 0 Å². The summed E-state index contributed by atoms with van der Waals surface area (Å²) in [5.74, 6) is -0.326. The minimum atomic E-state index is -0.857. The fourth-order valence-corrected chi connectivity index (χ4v) is 11.4. The Hall–Kier alpha value is -6.88. The molecule has 17 heteroatoms. The van der Waals surface area contributed by atoms with Crippen molar-refractivity contribution in [2.75, 3.05) is 13.2 Å². The Morgan fingerprint density at radius 1 is 0.915 bits per heavy atom. The molecular formula is C54H60F2N10O5. The Kier molecular flexibility index (Phi) is 11.2. The summed E-state index contributed by atoms with van der Waals surface area (Å²) in [6.07, 6.45) is 10.8. The van der Waals surface area contributed by atoms with E-state index in [0.717, 1.165) is 42.1 Å². The van der Waals surface area contributed by atoms with Crippen LogP contribution in [-0.4, -0.2) is 73.0 Å². The number of nitrogens with one attached hydrogen (secondary N) is 1. The predicted molar refractivity (Wildman–Crippen MR) is 265 cm³/mol. The Labute approximate surface area is 409 Å². The fourth-order valence-electron chi connectivity index (χ4n) is 11.4.